The van der Waals surface area contributed by atoms with Crippen LogP contribution in [0.3, 0.4) is 0 Å². The number of carboxylic acids is 1. The highest BCUT2D eigenvalue weighted by molar-refractivity contribution is 5.76. The van der Waals surface area contributed by atoms with E-state index in [4.69, 9.17) is 94.7 Å². The number of aliphatic hydroxyl groups excluding tert-OH is 15. The maximum absolute atomic E-state index is 13.8. The monoisotopic (exact) mass is 1590 g/mol. The van der Waals surface area contributed by atoms with Crippen LogP contribution >= 0.6 is 0 Å². The molecule has 6 heterocycles. The third-order valence-corrected chi connectivity index (χ3v) is 19.0. The van der Waals surface area contributed by atoms with Crippen LogP contribution in [0.4, 0.5) is 0 Å². The highest BCUT2D eigenvalue weighted by atomic mass is 16.8. The molecule has 42 heteroatoms. The van der Waals surface area contributed by atoms with Crippen molar-refractivity contribution in [3.8, 4) is 0 Å². The molecule has 0 spiro atoms. The molecule has 0 aromatic heterocycles. The number of amides is 2. The predicted octanol–water partition coefficient (Wildman–Crippen LogP) is -9.53. The first-order valence-electron chi connectivity index (χ1n) is 36.5. The number of unbranched alkanes of at least 4 members (excludes halogenated alkanes) is 2. The van der Waals surface area contributed by atoms with Crippen LogP contribution in [-0.2, 0) is 114 Å². The van der Waals surface area contributed by atoms with Gasteiger partial charge in [-0.1, -0.05) is 6.92 Å². The van der Waals surface area contributed by atoms with Crippen LogP contribution in [0.1, 0.15) is 66.7 Å². The van der Waals surface area contributed by atoms with Crippen LogP contribution in [0.5, 0.6) is 0 Å². The van der Waals surface area contributed by atoms with Gasteiger partial charge in [-0.3, -0.25) is 9.59 Å². The van der Waals surface area contributed by atoms with Crippen molar-refractivity contribution in [2.45, 2.75) is 275 Å². The van der Waals surface area contributed by atoms with Gasteiger partial charge >= 0.3 is 11.9 Å². The van der Waals surface area contributed by atoms with E-state index < -0.39 is 252 Å². The number of hydrogen-bond acceptors (Lipinski definition) is 39. The van der Waals surface area contributed by atoms with Crippen molar-refractivity contribution in [2.75, 3.05) is 127 Å². The summed E-state index contributed by atoms with van der Waals surface area (Å²) < 4.78 is 113. The average molecular weight is 1590 g/mol. The number of aliphatic hydroxyl groups is 15. The first-order chi connectivity index (χ1) is 51.9. The number of esters is 1. The van der Waals surface area contributed by atoms with E-state index in [1.165, 1.54) is 21.0 Å². The highest BCUT2D eigenvalue weighted by Crippen LogP contribution is 2.35. The van der Waals surface area contributed by atoms with Crippen molar-refractivity contribution in [3.63, 3.8) is 0 Å². The van der Waals surface area contributed by atoms with Crippen molar-refractivity contribution in [2.24, 2.45) is 0 Å². The SMILES string of the molecule is CC[C@H]1OC(CO[C@H]2OC(COC)[C@@H](OCC(O)COCCCCOCC(O)COC(=O)C3O[C@@H](O[C@@H]4C(NC(C)=O)[C@@H](C)OC(CO)[C@H]4O)C(OCC(O)COCCCCOCC(O)COCC4O[C@H](C)C(NC(C)=O)[C@@H](O[C@@H]5OC(C(=O)O)[C@@H](OC)[C@H](O)C5O)[C@@H]4O)[C@@H](O)[C@@H]3OC)[C@H](O)C2O)[C@@H](O)[C@H](O)C1O. The molecule has 42 nitrogen and oxygen atoms in total. The van der Waals surface area contributed by atoms with Crippen molar-refractivity contribution in [3.05, 3.63) is 0 Å². The maximum Gasteiger partial charge on any atom is 0.338 e. The van der Waals surface area contributed by atoms with E-state index in [1.807, 2.05) is 0 Å². The van der Waals surface area contributed by atoms with E-state index in [1.54, 1.807) is 20.8 Å². The molecule has 16 unspecified atom stereocenters. The van der Waals surface area contributed by atoms with Gasteiger partial charge in [0.2, 0.25) is 11.8 Å². The van der Waals surface area contributed by atoms with Gasteiger partial charge in [0, 0.05) is 61.6 Å². The molecule has 0 aliphatic carbocycles. The Hall–Kier alpha value is -3.48. The highest BCUT2D eigenvalue weighted by Gasteiger charge is 2.56. The van der Waals surface area contributed by atoms with Crippen molar-refractivity contribution in [1.82, 2.24) is 10.6 Å². The summed E-state index contributed by atoms with van der Waals surface area (Å²) in [4.78, 5) is 50.3. The number of hydrogen-bond donors (Lipinski definition) is 18. The predicted molar refractivity (Wildman–Crippen MR) is 360 cm³/mol. The topological polar surface area (TPSA) is 601 Å². The molecule has 0 aromatic rings. The van der Waals surface area contributed by atoms with E-state index in [0.29, 0.717) is 32.1 Å². The summed E-state index contributed by atoms with van der Waals surface area (Å²) in [5.41, 5.74) is 0. The zero-order chi connectivity index (χ0) is 80.3. The summed E-state index contributed by atoms with van der Waals surface area (Å²) in [7, 11) is 3.64. The number of carboxylic acid groups (broad SMARTS) is 1. The summed E-state index contributed by atoms with van der Waals surface area (Å²) in [5, 5.41) is 177. The van der Waals surface area contributed by atoms with Gasteiger partial charge in [-0.2, -0.15) is 0 Å². The summed E-state index contributed by atoms with van der Waals surface area (Å²) in [6, 6.07) is -2.15. The van der Waals surface area contributed by atoms with Gasteiger partial charge in [0.05, 0.1) is 103 Å². The second-order valence-corrected chi connectivity index (χ2v) is 27.6. The third-order valence-electron chi connectivity index (χ3n) is 19.0. The Morgan fingerprint density at radius 2 is 0.844 bits per heavy atom. The van der Waals surface area contributed by atoms with Crippen LogP contribution in [-0.4, -0.2) is 440 Å². The fourth-order valence-electron chi connectivity index (χ4n) is 13.2. The smallest absolute Gasteiger partial charge is 0.338 e. The van der Waals surface area contributed by atoms with Gasteiger partial charge in [-0.25, -0.2) is 9.59 Å². The molecule has 0 aromatic carbocycles. The number of carbonyl (C=O) groups is 4. The number of rotatable bonds is 47. The molecule has 0 saturated carbocycles. The molecule has 6 rings (SSSR count). The first-order valence-corrected chi connectivity index (χ1v) is 36.5. The van der Waals surface area contributed by atoms with Gasteiger partial charge in [-0.15, -0.1) is 0 Å². The summed E-state index contributed by atoms with van der Waals surface area (Å²) >= 11 is 0. The van der Waals surface area contributed by atoms with Crippen molar-refractivity contribution in [1.29, 1.82) is 0 Å². The van der Waals surface area contributed by atoms with Gasteiger partial charge in [0.1, 0.15) is 153 Å². The van der Waals surface area contributed by atoms with E-state index in [0.717, 1.165) is 14.2 Å². The Morgan fingerprint density at radius 1 is 0.404 bits per heavy atom. The maximum atomic E-state index is 13.8. The van der Waals surface area contributed by atoms with Crippen LogP contribution in [0.15, 0.2) is 0 Å². The number of nitrogens with one attached hydrogen (secondary N) is 2. The second kappa shape index (κ2) is 47.5. The Bertz CT molecular complexity index is 2600. The van der Waals surface area contributed by atoms with Crippen LogP contribution < -0.4 is 10.6 Å². The van der Waals surface area contributed by atoms with E-state index in [-0.39, 0.29) is 85.9 Å². The number of methoxy groups -OCH3 is 3. The van der Waals surface area contributed by atoms with Gasteiger partial charge < -0.3 is 187 Å². The zero-order valence-electron chi connectivity index (χ0n) is 62.4. The lowest BCUT2D eigenvalue weighted by atomic mass is 9.92. The fraction of sp³-hybridized carbons (Fsp3) is 0.940. The van der Waals surface area contributed by atoms with Crippen molar-refractivity contribution < 1.29 is 196 Å². The zero-order valence-corrected chi connectivity index (χ0v) is 62.4. The van der Waals surface area contributed by atoms with Gasteiger partial charge in [0.25, 0.3) is 0 Å². The summed E-state index contributed by atoms with van der Waals surface area (Å²) in [5.74, 6) is -3.75. The minimum Gasteiger partial charge on any atom is -0.479 e. The number of carbonyl (C=O) groups excluding carboxylic acids is 3. The third kappa shape index (κ3) is 27.6. The summed E-state index contributed by atoms with van der Waals surface area (Å²) in [6.07, 6.45) is -43.4. The Labute approximate surface area is 630 Å². The molecule has 34 atom stereocenters. The summed E-state index contributed by atoms with van der Waals surface area (Å²) in [6.45, 7) is 3.56. The first kappa shape index (κ1) is 94.4. The Morgan fingerprint density at radius 3 is 1.35 bits per heavy atom. The second-order valence-electron chi connectivity index (χ2n) is 27.6. The minimum absolute atomic E-state index is 0.117. The van der Waals surface area contributed by atoms with Crippen LogP contribution in [0, 0.1) is 0 Å². The van der Waals surface area contributed by atoms with Gasteiger partial charge in [-0.05, 0) is 46.0 Å². The lowest BCUT2D eigenvalue weighted by Gasteiger charge is -2.48. The molecular formula is C67H118N2O40. The molecule has 6 aliphatic rings. The molecule has 18 N–H and O–H groups in total. The molecule has 0 bridgehead atoms. The average Bonchev–Trinajstić information content (AvgIpc) is 0.838. The largest absolute Gasteiger partial charge is 0.479 e. The lowest BCUT2D eigenvalue weighted by Crippen LogP contribution is -2.68. The molecule has 0 radical (unpaired) electrons. The standard InChI is InChI=1S/C67H118N2O40/c1-9-38-45(77)49(81)46(78)41(104-38)29-101-65-52(84)50(82)55(42(105-65)27-90-6)98-24-35(74)20-94-15-12-13-17-96-22-37(76)26-100-64(89)62-59(92-8)54(86)60(67(109-62)107-56-43(68-32(4)71)30(2)102-39(18-70)47(56)79)99-25-36(75)21-95-16-11-10-14-93-19-34(73)23-97-28-40-48(80)57(44(31(3)103-40)69-33(5)72)106-66-53(85)51(83)58(91-7)61(108-66)63(87)88/h30-31,34-62,65-67,70,73-86H,9-29H2,1-8H3,(H,68,71)(H,69,72)(H,87,88)/t30-,31-,34?,35?,36?,37?,38-,39?,40?,41?,42?,43?,44?,45?,46-,47-,48-,49-,50-,51-,52?,53?,54+,55-,56-,57-,58+,59+,60?,61?,62?,65+,66-,67-/m1/s1. The normalized spacial score (nSPS) is 38.4. The van der Waals surface area contributed by atoms with Crippen LogP contribution in [0.2, 0.25) is 0 Å². The molecule has 6 aliphatic heterocycles. The number of ether oxygens (including phenoxy) is 20. The van der Waals surface area contributed by atoms with E-state index in [9.17, 15) is 101 Å². The fourth-order valence-corrected chi connectivity index (χ4v) is 13.2. The molecule has 636 valence electrons. The number of aliphatic carboxylic acids is 1. The Kier molecular flexibility index (Phi) is 41.1. The lowest BCUT2D eigenvalue weighted by molar-refractivity contribution is -0.336. The molecule has 6 saturated heterocycles. The van der Waals surface area contributed by atoms with E-state index in [2.05, 4.69) is 10.6 Å². The van der Waals surface area contributed by atoms with Gasteiger partial charge in [0.15, 0.2) is 31.1 Å². The Balaban J connectivity index is 0.892. The minimum atomic E-state index is -1.83. The molecule has 6 fully saturated rings. The molecule has 2 amide bonds. The van der Waals surface area contributed by atoms with Crippen molar-refractivity contribution >= 4 is 23.8 Å². The quantitative estimate of drug-likeness (QED) is 0.0199. The van der Waals surface area contributed by atoms with Crippen LogP contribution in [0.25, 0.3) is 0 Å². The molecule has 109 heavy (non-hydrogen) atoms. The van der Waals surface area contributed by atoms with E-state index >= 15 is 0 Å². The molecular weight excluding hydrogens is 1470 g/mol.